The maximum atomic E-state index is 11.9. The summed E-state index contributed by atoms with van der Waals surface area (Å²) in [4.78, 5) is 17.8. The van der Waals surface area contributed by atoms with Crippen molar-refractivity contribution in [2.45, 2.75) is 6.42 Å². The Kier molecular flexibility index (Phi) is 2.70. The van der Waals surface area contributed by atoms with Crippen LogP contribution in [0.3, 0.4) is 0 Å². The van der Waals surface area contributed by atoms with Gasteiger partial charge >= 0.3 is 6.01 Å². The van der Waals surface area contributed by atoms with Crippen LogP contribution in [0, 0.1) is 5.92 Å². The molecule has 1 aromatic carbocycles. The van der Waals surface area contributed by atoms with Crippen LogP contribution >= 0.6 is 15.9 Å². The third-order valence-corrected chi connectivity index (χ3v) is 3.55. The first-order chi connectivity index (χ1) is 8.67. The number of halogens is 1. The van der Waals surface area contributed by atoms with E-state index in [-0.39, 0.29) is 11.8 Å². The third-order valence-electron chi connectivity index (χ3n) is 3.06. The number of carbonyl (C=O) groups is 1. The lowest BCUT2D eigenvalue weighted by atomic mass is 10.1. The van der Waals surface area contributed by atoms with Gasteiger partial charge in [-0.05, 0) is 18.2 Å². The summed E-state index contributed by atoms with van der Waals surface area (Å²) in [5, 5.41) is 0. The molecule has 1 saturated heterocycles. The van der Waals surface area contributed by atoms with Gasteiger partial charge in [0.05, 0.1) is 0 Å². The Morgan fingerprint density at radius 2 is 2.39 bits per heavy atom. The van der Waals surface area contributed by atoms with Crippen molar-refractivity contribution in [3.63, 3.8) is 0 Å². The van der Waals surface area contributed by atoms with E-state index in [0.29, 0.717) is 24.6 Å². The molecular formula is C13H11BrN2O2. The quantitative estimate of drug-likeness (QED) is 0.801. The molecule has 0 aliphatic carbocycles. The summed E-state index contributed by atoms with van der Waals surface area (Å²) >= 11 is 3.38. The Bertz CT molecular complexity index is 635. The van der Waals surface area contributed by atoms with Crippen molar-refractivity contribution in [1.82, 2.24) is 4.98 Å². The van der Waals surface area contributed by atoms with E-state index in [0.717, 1.165) is 9.99 Å². The van der Waals surface area contributed by atoms with Gasteiger partial charge in [0.2, 0.25) is 5.91 Å². The summed E-state index contributed by atoms with van der Waals surface area (Å²) in [6, 6.07) is 5.97. The van der Waals surface area contributed by atoms with Crippen LogP contribution in [-0.2, 0) is 4.79 Å². The summed E-state index contributed by atoms with van der Waals surface area (Å²) in [7, 11) is 0. The van der Waals surface area contributed by atoms with E-state index >= 15 is 0 Å². The molecule has 1 fully saturated rings. The Morgan fingerprint density at radius 3 is 3.11 bits per heavy atom. The summed E-state index contributed by atoms with van der Waals surface area (Å²) in [5.74, 6) is 0.213. The predicted molar refractivity (Wildman–Crippen MR) is 72.4 cm³/mol. The van der Waals surface area contributed by atoms with Gasteiger partial charge < -0.3 is 4.42 Å². The summed E-state index contributed by atoms with van der Waals surface area (Å²) in [5.41, 5.74) is 1.43. The first-order valence-electron chi connectivity index (χ1n) is 5.66. The van der Waals surface area contributed by atoms with E-state index in [1.807, 2.05) is 18.2 Å². The molecule has 1 aliphatic rings. The fourth-order valence-corrected chi connectivity index (χ4v) is 2.42. The van der Waals surface area contributed by atoms with Crippen molar-refractivity contribution in [2.75, 3.05) is 11.4 Å². The van der Waals surface area contributed by atoms with Crippen molar-refractivity contribution < 1.29 is 9.21 Å². The Labute approximate surface area is 112 Å². The average Bonchev–Trinajstić information content (AvgIpc) is 2.91. The summed E-state index contributed by atoms with van der Waals surface area (Å²) in [6.45, 7) is 4.32. The normalized spacial score (nSPS) is 19.7. The second-order valence-corrected chi connectivity index (χ2v) is 5.23. The first-order valence-corrected chi connectivity index (χ1v) is 6.45. The lowest BCUT2D eigenvalue weighted by molar-refractivity contribution is -0.117. The SMILES string of the molecule is C=CC1CC(=O)N(c2nc3ccc(Br)cc3o2)C1. The van der Waals surface area contributed by atoms with Crippen molar-refractivity contribution in [3.05, 3.63) is 35.3 Å². The molecule has 0 spiro atoms. The van der Waals surface area contributed by atoms with Gasteiger partial charge in [0.25, 0.3) is 0 Å². The fraction of sp³-hybridized carbons (Fsp3) is 0.231. The highest BCUT2D eigenvalue weighted by molar-refractivity contribution is 9.10. The molecule has 1 atom stereocenters. The van der Waals surface area contributed by atoms with Crippen LogP contribution in [0.2, 0.25) is 0 Å². The van der Waals surface area contributed by atoms with Gasteiger partial charge in [-0.1, -0.05) is 22.0 Å². The van der Waals surface area contributed by atoms with Gasteiger partial charge in [0.1, 0.15) is 5.52 Å². The van der Waals surface area contributed by atoms with Crippen LogP contribution in [-0.4, -0.2) is 17.4 Å². The molecule has 5 heteroatoms. The molecule has 18 heavy (non-hydrogen) atoms. The number of hydrogen-bond donors (Lipinski definition) is 0. The molecular weight excluding hydrogens is 296 g/mol. The second-order valence-electron chi connectivity index (χ2n) is 4.31. The molecule has 3 rings (SSSR count). The Hall–Kier alpha value is -1.62. The van der Waals surface area contributed by atoms with Crippen LogP contribution in [0.1, 0.15) is 6.42 Å². The molecule has 92 valence electrons. The predicted octanol–water partition coefficient (Wildman–Crippen LogP) is 3.13. The van der Waals surface area contributed by atoms with Gasteiger partial charge in [-0.3, -0.25) is 9.69 Å². The minimum atomic E-state index is 0.0329. The number of oxazole rings is 1. The largest absolute Gasteiger partial charge is 0.423 e. The average molecular weight is 307 g/mol. The number of nitrogens with zero attached hydrogens (tertiary/aromatic N) is 2. The Balaban J connectivity index is 1.99. The van der Waals surface area contributed by atoms with E-state index in [4.69, 9.17) is 4.42 Å². The molecule has 4 nitrogen and oxygen atoms in total. The molecule has 2 heterocycles. The lowest BCUT2D eigenvalue weighted by Gasteiger charge is -2.09. The van der Waals surface area contributed by atoms with E-state index in [1.165, 1.54) is 0 Å². The zero-order valence-corrected chi connectivity index (χ0v) is 11.2. The molecule has 0 bridgehead atoms. The van der Waals surface area contributed by atoms with Crippen molar-refractivity contribution >= 4 is 39.0 Å². The number of hydrogen-bond acceptors (Lipinski definition) is 3. The van der Waals surface area contributed by atoms with Gasteiger partial charge in [0, 0.05) is 23.4 Å². The number of amides is 1. The standard InChI is InChI=1S/C13H11BrN2O2/c1-2-8-5-12(17)16(7-8)13-15-10-4-3-9(14)6-11(10)18-13/h2-4,6,8H,1,5,7H2. The van der Waals surface area contributed by atoms with E-state index in [2.05, 4.69) is 27.5 Å². The van der Waals surface area contributed by atoms with Crippen LogP contribution in [0.5, 0.6) is 0 Å². The zero-order chi connectivity index (χ0) is 12.7. The van der Waals surface area contributed by atoms with Crippen LogP contribution < -0.4 is 4.90 Å². The molecule has 0 saturated carbocycles. The number of benzene rings is 1. The van der Waals surface area contributed by atoms with Crippen molar-refractivity contribution in [3.8, 4) is 0 Å². The van der Waals surface area contributed by atoms with Crippen LogP contribution in [0.15, 0.2) is 39.7 Å². The smallest absolute Gasteiger partial charge is 0.305 e. The highest BCUT2D eigenvalue weighted by Gasteiger charge is 2.31. The molecule has 2 aromatic rings. The summed E-state index contributed by atoms with van der Waals surface area (Å²) < 4.78 is 6.55. The number of fused-ring (bicyclic) bond motifs is 1. The van der Waals surface area contributed by atoms with Gasteiger partial charge in [-0.25, -0.2) is 0 Å². The molecule has 0 N–H and O–H groups in total. The minimum Gasteiger partial charge on any atom is -0.423 e. The maximum absolute atomic E-state index is 11.9. The van der Waals surface area contributed by atoms with Gasteiger partial charge in [-0.15, -0.1) is 6.58 Å². The number of rotatable bonds is 2. The first kappa shape index (κ1) is 11.5. The van der Waals surface area contributed by atoms with Crippen molar-refractivity contribution in [1.29, 1.82) is 0 Å². The summed E-state index contributed by atoms with van der Waals surface area (Å²) in [6.07, 6.45) is 2.28. The Morgan fingerprint density at radius 1 is 1.56 bits per heavy atom. The molecule has 0 radical (unpaired) electrons. The van der Waals surface area contributed by atoms with E-state index < -0.39 is 0 Å². The minimum absolute atomic E-state index is 0.0329. The molecule has 1 unspecified atom stereocenters. The van der Waals surface area contributed by atoms with E-state index in [9.17, 15) is 4.79 Å². The highest BCUT2D eigenvalue weighted by Crippen LogP contribution is 2.29. The molecule has 1 amide bonds. The number of aromatic nitrogens is 1. The fourth-order valence-electron chi connectivity index (χ4n) is 2.08. The van der Waals surface area contributed by atoms with E-state index in [1.54, 1.807) is 11.0 Å². The monoisotopic (exact) mass is 306 g/mol. The third kappa shape index (κ3) is 1.84. The van der Waals surface area contributed by atoms with Crippen molar-refractivity contribution in [2.24, 2.45) is 5.92 Å². The van der Waals surface area contributed by atoms with Crippen LogP contribution in [0.25, 0.3) is 11.1 Å². The lowest BCUT2D eigenvalue weighted by Crippen LogP contribution is -2.24. The van der Waals surface area contributed by atoms with Gasteiger partial charge in [0.15, 0.2) is 5.58 Å². The molecule has 1 aliphatic heterocycles. The zero-order valence-electron chi connectivity index (χ0n) is 9.60. The topological polar surface area (TPSA) is 46.3 Å². The maximum Gasteiger partial charge on any atom is 0.305 e. The number of carbonyl (C=O) groups excluding carboxylic acids is 1. The van der Waals surface area contributed by atoms with Crippen LogP contribution in [0.4, 0.5) is 6.01 Å². The number of anilines is 1. The highest BCUT2D eigenvalue weighted by atomic mass is 79.9. The second kappa shape index (κ2) is 4.24. The van der Waals surface area contributed by atoms with Gasteiger partial charge in [-0.2, -0.15) is 4.98 Å². The molecule has 1 aromatic heterocycles.